The van der Waals surface area contributed by atoms with Crippen molar-refractivity contribution in [3.63, 3.8) is 0 Å². The summed E-state index contributed by atoms with van der Waals surface area (Å²) >= 11 is 12.1. The topological polar surface area (TPSA) is 85.7 Å². The van der Waals surface area contributed by atoms with Gasteiger partial charge in [-0.2, -0.15) is 4.99 Å². The van der Waals surface area contributed by atoms with E-state index >= 15 is 0 Å². The van der Waals surface area contributed by atoms with Crippen LogP contribution in [0.4, 0.5) is 25.2 Å². The highest BCUT2D eigenvalue weighted by atomic mass is 35.5. The Morgan fingerprint density at radius 1 is 0.814 bits per heavy atom. The normalized spacial score (nSPS) is 14.2. The summed E-state index contributed by atoms with van der Waals surface area (Å²) in [5, 5.41) is 6.28. The predicted octanol–water partition coefficient (Wildman–Crippen LogP) is 6.89. The van der Waals surface area contributed by atoms with E-state index in [1.165, 1.54) is 24.3 Å². The summed E-state index contributed by atoms with van der Waals surface area (Å²) in [5.74, 6) is -0.153. The number of guanidine groups is 1. The maximum absolute atomic E-state index is 13.8. The van der Waals surface area contributed by atoms with Gasteiger partial charge in [0.25, 0.3) is 5.95 Å². The number of rotatable bonds is 5. The monoisotopic (exact) mass is 623 g/mol. The van der Waals surface area contributed by atoms with E-state index in [9.17, 15) is 13.6 Å². The first-order valence-electron chi connectivity index (χ1n) is 13.6. The molecule has 1 aromatic heterocycles. The molecule has 0 unspecified atom stereocenters. The second-order valence-corrected chi connectivity index (χ2v) is 10.9. The predicted molar refractivity (Wildman–Crippen MR) is 165 cm³/mol. The molecule has 0 atom stereocenters. The molecule has 0 aliphatic carbocycles. The van der Waals surface area contributed by atoms with E-state index < -0.39 is 6.03 Å². The molecule has 12 heteroatoms. The molecule has 4 aromatic rings. The summed E-state index contributed by atoms with van der Waals surface area (Å²) in [6, 6.07) is 18.5. The molecular formula is C31H29Cl2F2N7O. The summed E-state index contributed by atoms with van der Waals surface area (Å²) in [4.78, 5) is 30.7. The SMILES string of the molecule is Cc1cc(C)nc(/N=C(/NC(=O)Nc2ccc(Cl)c(Cl)c2)N2CCN(C(c3ccc(F)cc3)c3ccc(F)cc3)CC2)n1. The van der Waals surface area contributed by atoms with Crippen LogP contribution in [0.1, 0.15) is 28.6 Å². The van der Waals surface area contributed by atoms with Gasteiger partial charge >= 0.3 is 6.03 Å². The van der Waals surface area contributed by atoms with Gasteiger partial charge in [0.05, 0.1) is 16.1 Å². The molecule has 1 saturated heterocycles. The van der Waals surface area contributed by atoms with Gasteiger partial charge in [-0.25, -0.2) is 23.5 Å². The first kappa shape index (κ1) is 30.3. The number of anilines is 1. The minimum Gasteiger partial charge on any atom is -0.340 e. The van der Waals surface area contributed by atoms with E-state index in [-0.39, 0.29) is 29.6 Å². The Balaban J connectivity index is 1.38. The minimum atomic E-state index is -0.528. The molecule has 2 amide bonds. The van der Waals surface area contributed by atoms with Crippen LogP contribution in [0.2, 0.25) is 10.0 Å². The zero-order valence-electron chi connectivity index (χ0n) is 23.5. The first-order chi connectivity index (χ1) is 20.6. The Bertz CT molecular complexity index is 1560. The van der Waals surface area contributed by atoms with Crippen LogP contribution in [0.3, 0.4) is 0 Å². The third-order valence-electron chi connectivity index (χ3n) is 6.93. The van der Waals surface area contributed by atoms with Crippen molar-refractivity contribution in [2.75, 3.05) is 31.5 Å². The minimum absolute atomic E-state index is 0.222. The number of aliphatic imine (C=N–C) groups is 1. The Hall–Kier alpha value is -4.12. The van der Waals surface area contributed by atoms with Gasteiger partial charge in [-0.1, -0.05) is 47.5 Å². The molecule has 43 heavy (non-hydrogen) atoms. The van der Waals surface area contributed by atoms with Gasteiger partial charge in [-0.3, -0.25) is 10.2 Å². The van der Waals surface area contributed by atoms with E-state index in [0.29, 0.717) is 41.9 Å². The van der Waals surface area contributed by atoms with Crippen molar-refractivity contribution in [3.05, 3.63) is 117 Å². The number of hydrogen-bond acceptors (Lipinski definition) is 5. The van der Waals surface area contributed by atoms with Crippen molar-refractivity contribution in [3.8, 4) is 0 Å². The molecule has 0 spiro atoms. The Kier molecular flexibility index (Phi) is 9.49. The maximum atomic E-state index is 13.8. The van der Waals surface area contributed by atoms with E-state index in [4.69, 9.17) is 23.2 Å². The van der Waals surface area contributed by atoms with Crippen LogP contribution in [-0.2, 0) is 0 Å². The first-order valence-corrected chi connectivity index (χ1v) is 14.3. The number of halogens is 4. The Morgan fingerprint density at radius 2 is 1.37 bits per heavy atom. The van der Waals surface area contributed by atoms with Crippen molar-refractivity contribution in [1.29, 1.82) is 0 Å². The van der Waals surface area contributed by atoms with Gasteiger partial charge in [0.2, 0.25) is 5.96 Å². The Labute approximate surface area is 258 Å². The highest BCUT2D eigenvalue weighted by Gasteiger charge is 2.28. The molecule has 1 aliphatic rings. The summed E-state index contributed by atoms with van der Waals surface area (Å²) < 4.78 is 27.5. The van der Waals surface area contributed by atoms with Gasteiger partial charge in [0.15, 0.2) is 0 Å². The molecule has 8 nitrogen and oxygen atoms in total. The zero-order chi connectivity index (χ0) is 30.5. The van der Waals surface area contributed by atoms with Crippen LogP contribution >= 0.6 is 23.2 Å². The van der Waals surface area contributed by atoms with Crippen LogP contribution in [0.15, 0.2) is 77.8 Å². The van der Waals surface area contributed by atoms with E-state index in [0.717, 1.165) is 22.5 Å². The van der Waals surface area contributed by atoms with Gasteiger partial charge < -0.3 is 10.2 Å². The van der Waals surface area contributed by atoms with Crippen LogP contribution in [-0.4, -0.2) is 57.9 Å². The number of aromatic nitrogens is 2. The summed E-state index contributed by atoms with van der Waals surface area (Å²) in [6.07, 6.45) is 0. The average Bonchev–Trinajstić information content (AvgIpc) is 2.97. The van der Waals surface area contributed by atoms with Gasteiger partial charge in [0.1, 0.15) is 11.6 Å². The van der Waals surface area contributed by atoms with Gasteiger partial charge in [-0.05, 0) is 73.5 Å². The average molecular weight is 625 g/mol. The number of nitrogens with one attached hydrogen (secondary N) is 2. The van der Waals surface area contributed by atoms with E-state index in [1.807, 2.05) is 24.8 Å². The van der Waals surface area contributed by atoms with Crippen LogP contribution in [0.25, 0.3) is 0 Å². The third kappa shape index (κ3) is 7.84. The number of aryl methyl sites for hydroxylation is 2. The smallest absolute Gasteiger partial charge is 0.326 e. The van der Waals surface area contributed by atoms with E-state index in [2.05, 4.69) is 30.5 Å². The maximum Gasteiger partial charge on any atom is 0.326 e. The van der Waals surface area contributed by atoms with Gasteiger partial charge in [-0.15, -0.1) is 0 Å². The number of benzene rings is 3. The van der Waals surface area contributed by atoms with Crippen molar-refractivity contribution >= 4 is 46.8 Å². The fraction of sp³-hybridized carbons (Fsp3) is 0.226. The molecule has 2 heterocycles. The number of carbonyl (C=O) groups is 1. The van der Waals surface area contributed by atoms with Crippen molar-refractivity contribution in [2.45, 2.75) is 19.9 Å². The molecular weight excluding hydrogens is 595 g/mol. The number of urea groups is 1. The lowest BCUT2D eigenvalue weighted by molar-refractivity contribution is 0.148. The quantitative estimate of drug-likeness (QED) is 0.187. The molecule has 1 fully saturated rings. The zero-order valence-corrected chi connectivity index (χ0v) is 25.0. The number of nitrogens with zero attached hydrogens (tertiary/aromatic N) is 5. The molecule has 3 aromatic carbocycles. The molecule has 0 saturated carbocycles. The summed E-state index contributed by atoms with van der Waals surface area (Å²) in [6.45, 7) is 5.83. The number of amides is 2. The standard InChI is InChI=1S/C31H29Cl2F2N7O/c1-19-17-20(2)37-29(36-19)39-30(40-31(43)38-25-11-12-26(32)27(33)18-25)42-15-13-41(14-16-42)28(21-3-7-23(34)8-4-21)22-5-9-24(35)10-6-22/h3-12,17-18,28H,13-16H2,1-2H3,(H2,36,37,38,39,40,43). The van der Waals surface area contributed by atoms with E-state index in [1.54, 1.807) is 42.5 Å². The summed E-state index contributed by atoms with van der Waals surface area (Å²) in [7, 11) is 0. The second kappa shape index (κ2) is 13.5. The number of hydrogen-bond donors (Lipinski definition) is 2. The molecule has 5 rings (SSSR count). The van der Waals surface area contributed by atoms with Crippen LogP contribution < -0.4 is 10.6 Å². The number of carbonyl (C=O) groups excluding carboxylic acids is 1. The number of piperazine rings is 1. The highest BCUT2D eigenvalue weighted by molar-refractivity contribution is 6.42. The van der Waals surface area contributed by atoms with Crippen molar-refractivity contribution < 1.29 is 13.6 Å². The molecule has 0 radical (unpaired) electrons. The Morgan fingerprint density at radius 3 is 1.91 bits per heavy atom. The second-order valence-electron chi connectivity index (χ2n) is 10.1. The van der Waals surface area contributed by atoms with Crippen molar-refractivity contribution in [1.82, 2.24) is 25.1 Å². The molecule has 222 valence electrons. The molecule has 1 aliphatic heterocycles. The van der Waals surface area contributed by atoms with Crippen LogP contribution in [0.5, 0.6) is 0 Å². The lowest BCUT2D eigenvalue weighted by atomic mass is 9.96. The largest absolute Gasteiger partial charge is 0.340 e. The molecule has 2 N–H and O–H groups in total. The highest BCUT2D eigenvalue weighted by Crippen LogP contribution is 2.30. The van der Waals surface area contributed by atoms with Gasteiger partial charge in [0, 0.05) is 43.3 Å². The fourth-order valence-corrected chi connectivity index (χ4v) is 5.26. The third-order valence-corrected chi connectivity index (χ3v) is 7.67. The molecule has 0 bridgehead atoms. The summed E-state index contributed by atoms with van der Waals surface area (Å²) in [5.41, 5.74) is 3.73. The van der Waals surface area contributed by atoms with Crippen molar-refractivity contribution in [2.24, 2.45) is 4.99 Å². The lowest BCUT2D eigenvalue weighted by Crippen LogP contribution is -2.54. The fourth-order valence-electron chi connectivity index (χ4n) is 4.96. The lowest BCUT2D eigenvalue weighted by Gasteiger charge is -2.40. The van der Waals surface area contributed by atoms with Crippen LogP contribution in [0, 0.1) is 25.5 Å².